The molecule has 0 spiro atoms. The molecule has 0 aromatic carbocycles. The first-order chi connectivity index (χ1) is 9.58. The average Bonchev–Trinajstić information content (AvgIpc) is 2.95. The van der Waals surface area contributed by atoms with Crippen molar-refractivity contribution >= 4 is 11.7 Å². The summed E-state index contributed by atoms with van der Waals surface area (Å²) in [6, 6.07) is 1.73. The summed E-state index contributed by atoms with van der Waals surface area (Å²) in [6.07, 6.45) is 6.02. The van der Waals surface area contributed by atoms with Gasteiger partial charge in [-0.3, -0.25) is 4.79 Å². The Balaban J connectivity index is 1.81. The number of likely N-dealkylation sites (N-methyl/N-ethyl adjacent to an activating group) is 1. The predicted octanol–water partition coefficient (Wildman–Crippen LogP) is 1.41. The van der Waals surface area contributed by atoms with Crippen LogP contribution in [0.4, 0.5) is 10.2 Å². The number of nitrogen functional groups attached to an aromatic ring is 1. The number of halogens is 1. The first-order valence-electron chi connectivity index (χ1n) is 6.97. The van der Waals surface area contributed by atoms with Crippen LogP contribution in [0, 0.1) is 5.82 Å². The van der Waals surface area contributed by atoms with Gasteiger partial charge in [-0.1, -0.05) is 12.8 Å². The Morgan fingerprint density at radius 2 is 2.25 bits per heavy atom. The highest BCUT2D eigenvalue weighted by atomic mass is 19.1. The van der Waals surface area contributed by atoms with E-state index in [0.29, 0.717) is 12.6 Å². The molecule has 1 saturated carbocycles. The fraction of sp³-hybridized carbons (Fsp3) is 0.571. The molecule has 20 heavy (non-hydrogen) atoms. The summed E-state index contributed by atoms with van der Waals surface area (Å²) in [5, 5.41) is 2.75. The van der Waals surface area contributed by atoms with E-state index < -0.39 is 5.82 Å². The molecule has 1 aliphatic carbocycles. The van der Waals surface area contributed by atoms with Gasteiger partial charge >= 0.3 is 0 Å². The Morgan fingerprint density at radius 1 is 1.55 bits per heavy atom. The van der Waals surface area contributed by atoms with E-state index in [1.165, 1.54) is 25.7 Å². The molecule has 6 heteroatoms. The van der Waals surface area contributed by atoms with Crippen LogP contribution in [-0.4, -0.2) is 42.0 Å². The zero-order chi connectivity index (χ0) is 14.5. The van der Waals surface area contributed by atoms with Crippen molar-refractivity contribution in [3.63, 3.8) is 0 Å². The van der Waals surface area contributed by atoms with Gasteiger partial charge in [0.15, 0.2) is 0 Å². The molecule has 0 saturated heterocycles. The quantitative estimate of drug-likeness (QED) is 0.855. The Hall–Kier alpha value is -1.69. The molecule has 1 heterocycles. The maximum atomic E-state index is 13.1. The number of amides is 1. The lowest BCUT2D eigenvalue weighted by atomic mass is 10.2. The minimum atomic E-state index is -0.563. The van der Waals surface area contributed by atoms with Gasteiger partial charge in [0.05, 0.1) is 11.8 Å². The Kier molecular flexibility index (Phi) is 4.89. The summed E-state index contributed by atoms with van der Waals surface area (Å²) in [4.78, 5) is 17.8. The van der Waals surface area contributed by atoms with Gasteiger partial charge in [0.2, 0.25) is 0 Å². The number of nitrogens with two attached hydrogens (primary N) is 1. The number of hydrogen-bond acceptors (Lipinski definition) is 4. The van der Waals surface area contributed by atoms with E-state index in [4.69, 9.17) is 5.73 Å². The molecule has 3 N–H and O–H groups in total. The minimum absolute atomic E-state index is 0.0491. The van der Waals surface area contributed by atoms with E-state index in [0.717, 1.165) is 18.8 Å². The molecule has 1 aromatic rings. The standard InChI is InChI=1S/C14H21FN4O/c1-19(11-4-2-3-5-11)7-6-17-14(20)12-8-10(15)9-18-13(12)16/h8-9,11H,2-7H2,1H3,(H2,16,18)(H,17,20). The van der Waals surface area contributed by atoms with Gasteiger partial charge < -0.3 is 16.0 Å². The SMILES string of the molecule is CN(CCNC(=O)c1cc(F)cnc1N)C1CCCC1. The van der Waals surface area contributed by atoms with Crippen molar-refractivity contribution in [2.24, 2.45) is 0 Å². The lowest BCUT2D eigenvalue weighted by molar-refractivity contribution is 0.0947. The number of anilines is 1. The summed E-state index contributed by atoms with van der Waals surface area (Å²) in [6.45, 7) is 1.29. The van der Waals surface area contributed by atoms with Gasteiger partial charge in [0.25, 0.3) is 5.91 Å². The van der Waals surface area contributed by atoms with Gasteiger partial charge in [0, 0.05) is 19.1 Å². The molecule has 0 aliphatic heterocycles. The third-order valence-corrected chi connectivity index (χ3v) is 3.83. The molecule has 1 fully saturated rings. The van der Waals surface area contributed by atoms with Crippen molar-refractivity contribution in [2.75, 3.05) is 25.9 Å². The van der Waals surface area contributed by atoms with Crippen LogP contribution in [0.2, 0.25) is 0 Å². The first-order valence-corrected chi connectivity index (χ1v) is 6.97. The van der Waals surface area contributed by atoms with Crippen LogP contribution < -0.4 is 11.1 Å². The largest absolute Gasteiger partial charge is 0.383 e. The second-order valence-electron chi connectivity index (χ2n) is 5.26. The van der Waals surface area contributed by atoms with E-state index in [1.807, 2.05) is 0 Å². The van der Waals surface area contributed by atoms with E-state index in [2.05, 4.69) is 22.2 Å². The molecule has 0 radical (unpaired) electrons. The van der Waals surface area contributed by atoms with Crippen LogP contribution in [0.25, 0.3) is 0 Å². The number of aromatic nitrogens is 1. The monoisotopic (exact) mass is 280 g/mol. The number of carbonyl (C=O) groups excluding carboxylic acids is 1. The number of carbonyl (C=O) groups is 1. The minimum Gasteiger partial charge on any atom is -0.383 e. The van der Waals surface area contributed by atoms with Crippen LogP contribution >= 0.6 is 0 Å². The molecule has 1 aliphatic rings. The van der Waals surface area contributed by atoms with Crippen LogP contribution in [0.1, 0.15) is 36.0 Å². The predicted molar refractivity (Wildman–Crippen MR) is 75.8 cm³/mol. The molecule has 1 amide bonds. The van der Waals surface area contributed by atoms with Crippen molar-refractivity contribution in [1.29, 1.82) is 0 Å². The highest BCUT2D eigenvalue weighted by Crippen LogP contribution is 2.21. The van der Waals surface area contributed by atoms with Gasteiger partial charge in [-0.05, 0) is 26.0 Å². The van der Waals surface area contributed by atoms with E-state index in [9.17, 15) is 9.18 Å². The highest BCUT2D eigenvalue weighted by molar-refractivity contribution is 5.98. The molecule has 0 bridgehead atoms. The van der Waals surface area contributed by atoms with Crippen molar-refractivity contribution in [3.05, 3.63) is 23.6 Å². The number of rotatable bonds is 5. The fourth-order valence-electron chi connectivity index (χ4n) is 2.60. The Morgan fingerprint density at radius 3 is 2.95 bits per heavy atom. The third kappa shape index (κ3) is 3.66. The fourth-order valence-corrected chi connectivity index (χ4v) is 2.60. The lowest BCUT2D eigenvalue weighted by Gasteiger charge is -2.23. The second kappa shape index (κ2) is 6.65. The van der Waals surface area contributed by atoms with E-state index in [-0.39, 0.29) is 17.3 Å². The molecule has 0 unspecified atom stereocenters. The van der Waals surface area contributed by atoms with Crippen LogP contribution in [0.15, 0.2) is 12.3 Å². The number of nitrogens with one attached hydrogen (secondary N) is 1. The maximum absolute atomic E-state index is 13.1. The molecule has 110 valence electrons. The Labute approximate surface area is 118 Å². The molecule has 5 nitrogen and oxygen atoms in total. The summed E-state index contributed by atoms with van der Waals surface area (Å²) >= 11 is 0. The molecule has 2 rings (SSSR count). The van der Waals surface area contributed by atoms with Crippen LogP contribution in [0.5, 0.6) is 0 Å². The second-order valence-corrected chi connectivity index (χ2v) is 5.26. The van der Waals surface area contributed by atoms with Gasteiger partial charge in [-0.15, -0.1) is 0 Å². The van der Waals surface area contributed by atoms with Gasteiger partial charge in [0.1, 0.15) is 11.6 Å². The number of nitrogens with zero attached hydrogens (tertiary/aromatic N) is 2. The number of hydrogen-bond donors (Lipinski definition) is 2. The summed E-state index contributed by atoms with van der Waals surface area (Å²) in [5.41, 5.74) is 5.66. The third-order valence-electron chi connectivity index (χ3n) is 3.83. The topological polar surface area (TPSA) is 71.2 Å². The first kappa shape index (κ1) is 14.7. The van der Waals surface area contributed by atoms with Crippen molar-refractivity contribution in [2.45, 2.75) is 31.7 Å². The lowest BCUT2D eigenvalue weighted by Crippen LogP contribution is -2.37. The van der Waals surface area contributed by atoms with Crippen LogP contribution in [0.3, 0.4) is 0 Å². The van der Waals surface area contributed by atoms with Crippen LogP contribution in [-0.2, 0) is 0 Å². The molecular weight excluding hydrogens is 259 g/mol. The summed E-state index contributed by atoms with van der Waals surface area (Å²) in [7, 11) is 2.07. The maximum Gasteiger partial charge on any atom is 0.255 e. The van der Waals surface area contributed by atoms with Gasteiger partial charge in [-0.2, -0.15) is 0 Å². The molecular formula is C14H21FN4O. The smallest absolute Gasteiger partial charge is 0.255 e. The molecule has 0 atom stereocenters. The zero-order valence-electron chi connectivity index (χ0n) is 11.7. The zero-order valence-corrected chi connectivity index (χ0v) is 11.7. The Bertz CT molecular complexity index is 474. The normalized spacial score (nSPS) is 15.8. The average molecular weight is 280 g/mol. The summed E-state index contributed by atoms with van der Waals surface area (Å²) in [5.74, 6) is -0.894. The van der Waals surface area contributed by atoms with Crippen molar-refractivity contribution in [1.82, 2.24) is 15.2 Å². The van der Waals surface area contributed by atoms with Crippen molar-refractivity contribution in [3.8, 4) is 0 Å². The number of pyridine rings is 1. The summed E-state index contributed by atoms with van der Waals surface area (Å²) < 4.78 is 13.1. The van der Waals surface area contributed by atoms with E-state index in [1.54, 1.807) is 0 Å². The van der Waals surface area contributed by atoms with E-state index >= 15 is 0 Å². The highest BCUT2D eigenvalue weighted by Gasteiger charge is 2.19. The van der Waals surface area contributed by atoms with Gasteiger partial charge in [-0.25, -0.2) is 9.37 Å². The van der Waals surface area contributed by atoms with Crippen molar-refractivity contribution < 1.29 is 9.18 Å². The molecule has 1 aromatic heterocycles.